The monoisotopic (exact) mass is 375 g/mol. The Morgan fingerprint density at radius 2 is 1.43 bits per heavy atom. The predicted octanol–water partition coefficient (Wildman–Crippen LogP) is 4.88. The van der Waals surface area contributed by atoms with E-state index in [9.17, 15) is 9.59 Å². The summed E-state index contributed by atoms with van der Waals surface area (Å²) in [6.45, 7) is 5.71. The summed E-state index contributed by atoms with van der Waals surface area (Å²) in [5.74, 6) is -0.235. The molecule has 2 amide bonds. The standard InChI is InChI=1S/C23H25N3O2/c1-23(2,3)22(28)26-20-10-6-9-19(14-20)25-21(27)15-24-18-12-11-16-7-4-5-8-17(16)13-18/h4-14,24H,15H2,1-3H3,(H,25,27)(H,26,28). The largest absolute Gasteiger partial charge is 0.376 e. The van der Waals surface area contributed by atoms with Crippen LogP contribution < -0.4 is 16.0 Å². The van der Waals surface area contributed by atoms with Crippen LogP contribution in [0.4, 0.5) is 17.1 Å². The minimum Gasteiger partial charge on any atom is -0.376 e. The van der Waals surface area contributed by atoms with Crippen LogP contribution in [0.1, 0.15) is 20.8 Å². The second-order valence-corrected chi connectivity index (χ2v) is 7.75. The molecule has 0 radical (unpaired) electrons. The Bertz CT molecular complexity index is 1010. The Kier molecular flexibility index (Phi) is 5.64. The van der Waals surface area contributed by atoms with Crippen molar-refractivity contribution in [3.8, 4) is 0 Å². The summed E-state index contributed by atoms with van der Waals surface area (Å²) < 4.78 is 0. The van der Waals surface area contributed by atoms with Crippen LogP contribution in [0.25, 0.3) is 10.8 Å². The molecule has 5 heteroatoms. The minimum absolute atomic E-state index is 0.0750. The molecule has 0 unspecified atom stereocenters. The zero-order chi connectivity index (χ0) is 20.1. The van der Waals surface area contributed by atoms with E-state index in [0.29, 0.717) is 11.4 Å². The van der Waals surface area contributed by atoms with Crippen molar-refractivity contribution in [1.82, 2.24) is 0 Å². The zero-order valence-corrected chi connectivity index (χ0v) is 16.4. The summed E-state index contributed by atoms with van der Waals surface area (Å²) in [4.78, 5) is 24.4. The number of amides is 2. The number of benzene rings is 3. The average Bonchev–Trinajstić information content (AvgIpc) is 2.66. The molecule has 0 heterocycles. The molecule has 3 aromatic rings. The molecule has 0 aliphatic carbocycles. The van der Waals surface area contributed by atoms with Gasteiger partial charge in [0.05, 0.1) is 6.54 Å². The van der Waals surface area contributed by atoms with Crippen molar-refractivity contribution in [1.29, 1.82) is 0 Å². The lowest BCUT2D eigenvalue weighted by Gasteiger charge is -2.18. The van der Waals surface area contributed by atoms with Gasteiger partial charge >= 0.3 is 0 Å². The number of nitrogens with one attached hydrogen (secondary N) is 3. The summed E-state index contributed by atoms with van der Waals surface area (Å²) >= 11 is 0. The summed E-state index contributed by atoms with van der Waals surface area (Å²) in [6.07, 6.45) is 0. The fourth-order valence-corrected chi connectivity index (χ4v) is 2.68. The van der Waals surface area contributed by atoms with Crippen molar-refractivity contribution in [2.24, 2.45) is 5.41 Å². The third kappa shape index (κ3) is 5.10. The number of carbonyl (C=O) groups excluding carboxylic acids is 2. The highest BCUT2D eigenvalue weighted by Crippen LogP contribution is 2.21. The first kappa shape index (κ1) is 19.4. The van der Waals surface area contributed by atoms with Crippen molar-refractivity contribution in [2.75, 3.05) is 22.5 Å². The number of hydrogen-bond donors (Lipinski definition) is 3. The van der Waals surface area contributed by atoms with Gasteiger partial charge in [0.25, 0.3) is 0 Å². The van der Waals surface area contributed by atoms with Gasteiger partial charge in [-0.05, 0) is 41.1 Å². The molecular formula is C23H25N3O2. The van der Waals surface area contributed by atoms with Crippen LogP contribution in [0.2, 0.25) is 0 Å². The van der Waals surface area contributed by atoms with E-state index in [1.165, 1.54) is 0 Å². The van der Waals surface area contributed by atoms with Crippen LogP contribution >= 0.6 is 0 Å². The molecule has 0 spiro atoms. The maximum atomic E-state index is 12.3. The number of hydrogen-bond acceptors (Lipinski definition) is 3. The molecular weight excluding hydrogens is 350 g/mol. The molecule has 0 bridgehead atoms. The summed E-state index contributed by atoms with van der Waals surface area (Å²) in [6, 6.07) is 21.2. The Morgan fingerprint density at radius 3 is 2.14 bits per heavy atom. The van der Waals surface area contributed by atoms with E-state index in [1.54, 1.807) is 24.3 Å². The van der Waals surface area contributed by atoms with Crippen molar-refractivity contribution >= 4 is 39.6 Å². The minimum atomic E-state index is -0.483. The molecule has 144 valence electrons. The number of anilines is 3. The van der Waals surface area contributed by atoms with Gasteiger partial charge in [0, 0.05) is 22.5 Å². The summed E-state index contributed by atoms with van der Waals surface area (Å²) in [7, 11) is 0. The molecule has 0 atom stereocenters. The highest BCUT2D eigenvalue weighted by atomic mass is 16.2. The molecule has 3 aromatic carbocycles. The first-order valence-corrected chi connectivity index (χ1v) is 9.25. The Morgan fingerprint density at radius 1 is 0.750 bits per heavy atom. The quantitative estimate of drug-likeness (QED) is 0.595. The van der Waals surface area contributed by atoms with Crippen LogP contribution in [0.5, 0.6) is 0 Å². The van der Waals surface area contributed by atoms with E-state index < -0.39 is 5.41 Å². The molecule has 0 saturated heterocycles. The first-order valence-electron chi connectivity index (χ1n) is 9.25. The number of carbonyl (C=O) groups is 2. The fraction of sp³-hybridized carbons (Fsp3) is 0.217. The normalized spacial score (nSPS) is 11.1. The maximum absolute atomic E-state index is 12.3. The zero-order valence-electron chi connectivity index (χ0n) is 16.4. The van der Waals surface area contributed by atoms with E-state index in [2.05, 4.69) is 22.0 Å². The fourth-order valence-electron chi connectivity index (χ4n) is 2.68. The van der Waals surface area contributed by atoms with Crippen LogP contribution in [0, 0.1) is 5.41 Å². The summed E-state index contributed by atoms with van der Waals surface area (Å²) in [5, 5.41) is 11.1. The van der Waals surface area contributed by atoms with Crippen molar-refractivity contribution in [3.63, 3.8) is 0 Å². The Balaban J connectivity index is 1.58. The average molecular weight is 375 g/mol. The second kappa shape index (κ2) is 8.13. The molecule has 0 saturated carbocycles. The van der Waals surface area contributed by atoms with E-state index in [-0.39, 0.29) is 18.4 Å². The van der Waals surface area contributed by atoms with Crippen molar-refractivity contribution in [2.45, 2.75) is 20.8 Å². The van der Waals surface area contributed by atoms with Gasteiger partial charge < -0.3 is 16.0 Å². The molecule has 0 aliphatic rings. The van der Waals surface area contributed by atoms with Crippen molar-refractivity contribution < 1.29 is 9.59 Å². The molecule has 5 nitrogen and oxygen atoms in total. The van der Waals surface area contributed by atoms with E-state index in [1.807, 2.05) is 57.2 Å². The van der Waals surface area contributed by atoms with Crippen LogP contribution in [-0.4, -0.2) is 18.4 Å². The van der Waals surface area contributed by atoms with Crippen LogP contribution in [0.3, 0.4) is 0 Å². The highest BCUT2D eigenvalue weighted by molar-refractivity contribution is 5.97. The van der Waals surface area contributed by atoms with Gasteiger partial charge in [0.1, 0.15) is 0 Å². The second-order valence-electron chi connectivity index (χ2n) is 7.75. The SMILES string of the molecule is CC(C)(C)C(=O)Nc1cccc(NC(=O)CNc2ccc3ccccc3c2)c1. The number of rotatable bonds is 5. The molecule has 0 fully saturated rings. The van der Waals surface area contributed by atoms with Gasteiger partial charge in [-0.3, -0.25) is 9.59 Å². The molecule has 0 aromatic heterocycles. The third-order valence-corrected chi connectivity index (χ3v) is 4.29. The third-order valence-electron chi connectivity index (χ3n) is 4.29. The Hall–Kier alpha value is -3.34. The van der Waals surface area contributed by atoms with Crippen molar-refractivity contribution in [3.05, 3.63) is 66.7 Å². The lowest BCUT2D eigenvalue weighted by Crippen LogP contribution is -2.27. The van der Waals surface area contributed by atoms with Gasteiger partial charge in [-0.15, -0.1) is 0 Å². The molecule has 0 aliphatic heterocycles. The van der Waals surface area contributed by atoms with Gasteiger partial charge in [-0.1, -0.05) is 57.2 Å². The van der Waals surface area contributed by atoms with E-state index in [4.69, 9.17) is 0 Å². The number of fused-ring (bicyclic) bond motifs is 1. The smallest absolute Gasteiger partial charge is 0.243 e. The molecule has 28 heavy (non-hydrogen) atoms. The van der Waals surface area contributed by atoms with Gasteiger partial charge in [-0.25, -0.2) is 0 Å². The first-order chi connectivity index (χ1) is 13.3. The lowest BCUT2D eigenvalue weighted by molar-refractivity contribution is -0.123. The lowest BCUT2D eigenvalue weighted by atomic mass is 9.95. The van der Waals surface area contributed by atoms with E-state index in [0.717, 1.165) is 16.5 Å². The van der Waals surface area contributed by atoms with Gasteiger partial charge in [-0.2, -0.15) is 0 Å². The highest BCUT2D eigenvalue weighted by Gasteiger charge is 2.21. The topological polar surface area (TPSA) is 70.2 Å². The van der Waals surface area contributed by atoms with Crippen LogP contribution in [-0.2, 0) is 9.59 Å². The Labute approximate surface area is 165 Å². The molecule has 3 rings (SSSR count). The van der Waals surface area contributed by atoms with Gasteiger partial charge in [0.2, 0.25) is 11.8 Å². The molecule has 3 N–H and O–H groups in total. The van der Waals surface area contributed by atoms with E-state index >= 15 is 0 Å². The van der Waals surface area contributed by atoms with Gasteiger partial charge in [0.15, 0.2) is 0 Å². The summed E-state index contributed by atoms with van der Waals surface area (Å²) in [5.41, 5.74) is 1.69. The maximum Gasteiger partial charge on any atom is 0.243 e. The predicted molar refractivity (Wildman–Crippen MR) is 116 cm³/mol. The van der Waals surface area contributed by atoms with Crippen LogP contribution in [0.15, 0.2) is 66.7 Å².